The van der Waals surface area contributed by atoms with Gasteiger partial charge in [0.2, 0.25) is 5.91 Å². The number of nitrogens with zero attached hydrogens (tertiary/aromatic N) is 2. The van der Waals surface area contributed by atoms with Gasteiger partial charge >= 0.3 is 5.97 Å². The number of carbonyl (C=O) groups excluding carboxylic acids is 2. The lowest BCUT2D eigenvalue weighted by atomic mass is 10.3. The smallest absolute Gasteiger partial charge is 0.325 e. The van der Waals surface area contributed by atoms with Crippen molar-refractivity contribution in [3.8, 4) is 5.75 Å². The largest absolute Gasteiger partial charge is 0.495 e. The SMILES string of the molecule is COC(=O)Cn1c(=NC(C)=O)sc2cccc(OC)c21. The molecule has 0 saturated heterocycles. The Labute approximate surface area is 119 Å². The first-order chi connectivity index (χ1) is 9.56. The standard InChI is InChI=1S/C13H14N2O4S/c1-8(16)14-13-15(7-11(17)19-3)12-9(18-2)5-4-6-10(12)20-13/h4-6H,7H2,1-3H3. The number of para-hydroxylation sites is 1. The summed E-state index contributed by atoms with van der Waals surface area (Å²) in [7, 11) is 2.87. The van der Waals surface area contributed by atoms with Crippen molar-refractivity contribution in [1.82, 2.24) is 4.57 Å². The number of fused-ring (bicyclic) bond motifs is 1. The second-order valence-electron chi connectivity index (χ2n) is 3.98. The van der Waals surface area contributed by atoms with Crippen molar-refractivity contribution in [2.45, 2.75) is 13.5 Å². The molecular formula is C13H14N2O4S. The summed E-state index contributed by atoms with van der Waals surface area (Å²) < 4.78 is 12.5. The van der Waals surface area contributed by atoms with Gasteiger partial charge in [-0.3, -0.25) is 9.59 Å². The highest BCUT2D eigenvalue weighted by molar-refractivity contribution is 7.16. The Morgan fingerprint density at radius 3 is 2.70 bits per heavy atom. The topological polar surface area (TPSA) is 69.9 Å². The van der Waals surface area contributed by atoms with Crippen LogP contribution in [0, 0.1) is 0 Å². The maximum absolute atomic E-state index is 11.6. The molecule has 0 atom stereocenters. The van der Waals surface area contributed by atoms with E-state index in [1.165, 1.54) is 25.4 Å². The molecule has 0 unspecified atom stereocenters. The van der Waals surface area contributed by atoms with E-state index in [0.717, 1.165) is 10.2 Å². The molecule has 1 aromatic carbocycles. The average Bonchev–Trinajstić information content (AvgIpc) is 2.75. The van der Waals surface area contributed by atoms with Gasteiger partial charge in [-0.05, 0) is 12.1 Å². The molecule has 0 N–H and O–H groups in total. The highest BCUT2D eigenvalue weighted by Gasteiger charge is 2.14. The Hall–Kier alpha value is -2.15. The number of rotatable bonds is 3. The predicted octanol–water partition coefficient (Wildman–Crippen LogP) is 1.33. The summed E-state index contributed by atoms with van der Waals surface area (Å²) in [4.78, 5) is 27.2. The van der Waals surface area contributed by atoms with E-state index in [1.54, 1.807) is 17.7 Å². The number of ether oxygens (including phenoxy) is 2. The zero-order chi connectivity index (χ0) is 14.7. The number of aromatic nitrogens is 1. The van der Waals surface area contributed by atoms with E-state index in [9.17, 15) is 9.59 Å². The molecule has 1 amide bonds. The molecule has 0 radical (unpaired) electrons. The second kappa shape index (κ2) is 5.87. The van der Waals surface area contributed by atoms with E-state index >= 15 is 0 Å². The summed E-state index contributed by atoms with van der Waals surface area (Å²) in [5, 5.41) is 0. The first kappa shape index (κ1) is 14.3. The fourth-order valence-corrected chi connectivity index (χ4v) is 2.91. The Morgan fingerprint density at radius 1 is 1.35 bits per heavy atom. The van der Waals surface area contributed by atoms with Crippen LogP contribution in [0.3, 0.4) is 0 Å². The van der Waals surface area contributed by atoms with Crippen molar-refractivity contribution in [3.63, 3.8) is 0 Å². The molecule has 0 fully saturated rings. The summed E-state index contributed by atoms with van der Waals surface area (Å²) in [5.41, 5.74) is 0.727. The molecule has 7 heteroatoms. The van der Waals surface area contributed by atoms with Crippen molar-refractivity contribution in [3.05, 3.63) is 23.0 Å². The van der Waals surface area contributed by atoms with E-state index in [0.29, 0.717) is 10.6 Å². The minimum Gasteiger partial charge on any atom is -0.495 e. The van der Waals surface area contributed by atoms with Gasteiger partial charge in [0.15, 0.2) is 4.80 Å². The van der Waals surface area contributed by atoms with Crippen LogP contribution in [0.2, 0.25) is 0 Å². The predicted molar refractivity (Wildman–Crippen MR) is 74.6 cm³/mol. The fourth-order valence-electron chi connectivity index (χ4n) is 1.82. The molecule has 1 aromatic heterocycles. The van der Waals surface area contributed by atoms with Gasteiger partial charge < -0.3 is 14.0 Å². The van der Waals surface area contributed by atoms with Crippen molar-refractivity contribution in [2.75, 3.05) is 14.2 Å². The molecular weight excluding hydrogens is 280 g/mol. The van der Waals surface area contributed by atoms with Gasteiger partial charge in [0.05, 0.1) is 18.9 Å². The van der Waals surface area contributed by atoms with E-state index in [1.807, 2.05) is 12.1 Å². The number of hydrogen-bond acceptors (Lipinski definition) is 5. The molecule has 1 heterocycles. The van der Waals surface area contributed by atoms with Crippen LogP contribution in [-0.2, 0) is 20.9 Å². The molecule has 0 bridgehead atoms. The fraction of sp³-hybridized carbons (Fsp3) is 0.308. The Morgan fingerprint density at radius 2 is 2.10 bits per heavy atom. The van der Waals surface area contributed by atoms with Crippen LogP contribution in [-0.4, -0.2) is 30.7 Å². The third-order valence-electron chi connectivity index (χ3n) is 2.65. The maximum Gasteiger partial charge on any atom is 0.325 e. The normalized spacial score (nSPS) is 11.7. The number of hydrogen-bond donors (Lipinski definition) is 0. The molecule has 20 heavy (non-hydrogen) atoms. The molecule has 0 saturated carbocycles. The Kier molecular flexibility index (Phi) is 4.19. The molecule has 0 aliphatic rings. The molecule has 0 aliphatic carbocycles. The monoisotopic (exact) mass is 294 g/mol. The maximum atomic E-state index is 11.6. The Bertz CT molecular complexity index is 730. The van der Waals surface area contributed by atoms with E-state index < -0.39 is 5.97 Å². The zero-order valence-corrected chi connectivity index (χ0v) is 12.2. The van der Waals surface area contributed by atoms with Crippen molar-refractivity contribution in [2.24, 2.45) is 4.99 Å². The van der Waals surface area contributed by atoms with E-state index in [4.69, 9.17) is 4.74 Å². The highest BCUT2D eigenvalue weighted by atomic mass is 32.1. The highest BCUT2D eigenvalue weighted by Crippen LogP contribution is 2.27. The van der Waals surface area contributed by atoms with Gasteiger partial charge in [-0.2, -0.15) is 4.99 Å². The zero-order valence-electron chi connectivity index (χ0n) is 11.4. The number of amides is 1. The minimum atomic E-state index is -0.416. The van der Waals surface area contributed by atoms with Gasteiger partial charge in [0.25, 0.3) is 0 Å². The van der Waals surface area contributed by atoms with Crippen LogP contribution < -0.4 is 9.54 Å². The first-order valence-corrected chi connectivity index (χ1v) is 6.67. The van der Waals surface area contributed by atoms with E-state index in [-0.39, 0.29) is 12.5 Å². The van der Waals surface area contributed by atoms with Crippen LogP contribution in [0.15, 0.2) is 23.2 Å². The average molecular weight is 294 g/mol. The lowest BCUT2D eigenvalue weighted by Crippen LogP contribution is -2.22. The second-order valence-corrected chi connectivity index (χ2v) is 4.99. The number of esters is 1. The third kappa shape index (κ3) is 2.72. The molecule has 0 spiro atoms. The molecule has 6 nitrogen and oxygen atoms in total. The van der Waals surface area contributed by atoms with E-state index in [2.05, 4.69) is 9.73 Å². The third-order valence-corrected chi connectivity index (χ3v) is 3.70. The number of thiazole rings is 1. The summed E-state index contributed by atoms with van der Waals surface area (Å²) in [6, 6.07) is 5.52. The minimum absolute atomic E-state index is 0.0248. The van der Waals surface area contributed by atoms with Crippen LogP contribution in [0.1, 0.15) is 6.92 Å². The van der Waals surface area contributed by atoms with Crippen LogP contribution in [0.4, 0.5) is 0 Å². The van der Waals surface area contributed by atoms with Crippen LogP contribution in [0.25, 0.3) is 10.2 Å². The lowest BCUT2D eigenvalue weighted by Gasteiger charge is -2.07. The molecule has 2 rings (SSSR count). The van der Waals surface area contributed by atoms with Crippen molar-refractivity contribution >= 4 is 33.4 Å². The van der Waals surface area contributed by atoms with Crippen LogP contribution in [0.5, 0.6) is 5.75 Å². The van der Waals surface area contributed by atoms with Crippen molar-refractivity contribution in [1.29, 1.82) is 0 Å². The molecule has 0 aliphatic heterocycles. The number of benzene rings is 1. The van der Waals surface area contributed by atoms with Gasteiger partial charge in [-0.25, -0.2) is 0 Å². The summed E-state index contributed by atoms with van der Waals surface area (Å²) in [6.45, 7) is 1.34. The molecule has 106 valence electrons. The number of methoxy groups -OCH3 is 2. The van der Waals surface area contributed by atoms with Gasteiger partial charge in [-0.1, -0.05) is 17.4 Å². The summed E-state index contributed by atoms with van der Waals surface area (Å²) in [5.74, 6) is -0.123. The van der Waals surface area contributed by atoms with Gasteiger partial charge in [0.1, 0.15) is 17.8 Å². The molecule has 2 aromatic rings. The van der Waals surface area contributed by atoms with Crippen LogP contribution >= 0.6 is 11.3 Å². The summed E-state index contributed by atoms with van der Waals surface area (Å²) in [6.07, 6.45) is 0. The lowest BCUT2D eigenvalue weighted by molar-refractivity contribution is -0.141. The first-order valence-electron chi connectivity index (χ1n) is 5.85. The Balaban J connectivity index is 2.76. The van der Waals surface area contributed by atoms with Gasteiger partial charge in [0, 0.05) is 6.92 Å². The van der Waals surface area contributed by atoms with Crippen molar-refractivity contribution < 1.29 is 19.1 Å². The van der Waals surface area contributed by atoms with Gasteiger partial charge in [-0.15, -0.1) is 0 Å². The quantitative estimate of drug-likeness (QED) is 0.801. The number of carbonyl (C=O) groups is 2. The summed E-state index contributed by atoms with van der Waals surface area (Å²) >= 11 is 1.32.